The number of piperidine rings is 1. The van der Waals surface area contributed by atoms with Crippen LogP contribution in [0, 0.1) is 5.92 Å². The van der Waals surface area contributed by atoms with Gasteiger partial charge in [0.05, 0.1) is 42.3 Å². The minimum Gasteiger partial charge on any atom is -0.466 e. The van der Waals surface area contributed by atoms with Gasteiger partial charge in [-0.05, 0) is 57.7 Å². The van der Waals surface area contributed by atoms with E-state index in [0.717, 1.165) is 29.9 Å². The first-order valence-electron chi connectivity index (χ1n) is 12.7. The first kappa shape index (κ1) is 25.5. The van der Waals surface area contributed by atoms with Gasteiger partial charge >= 0.3 is 5.97 Å². The van der Waals surface area contributed by atoms with Gasteiger partial charge in [0.1, 0.15) is 5.69 Å². The van der Waals surface area contributed by atoms with Gasteiger partial charge in [-0.1, -0.05) is 18.2 Å². The molecule has 0 radical (unpaired) electrons. The molecule has 2 aliphatic heterocycles. The maximum Gasteiger partial charge on any atom is 0.306 e. The van der Waals surface area contributed by atoms with Crippen molar-refractivity contribution in [2.75, 3.05) is 18.1 Å². The lowest BCUT2D eigenvalue weighted by Crippen LogP contribution is -2.42. The summed E-state index contributed by atoms with van der Waals surface area (Å²) in [6, 6.07) is 3.84. The van der Waals surface area contributed by atoms with Crippen molar-refractivity contribution in [1.29, 1.82) is 0 Å². The fourth-order valence-electron chi connectivity index (χ4n) is 4.89. The van der Waals surface area contributed by atoms with Crippen molar-refractivity contribution < 1.29 is 19.1 Å². The fourth-order valence-corrected chi connectivity index (χ4v) is 4.89. The molecule has 2 atom stereocenters. The summed E-state index contributed by atoms with van der Waals surface area (Å²) >= 11 is 0. The van der Waals surface area contributed by atoms with Gasteiger partial charge in [-0.25, -0.2) is 9.67 Å². The molecule has 4 rings (SSSR count). The monoisotopic (exact) mass is 494 g/mol. The lowest BCUT2D eigenvalue weighted by atomic mass is 9.93. The van der Waals surface area contributed by atoms with E-state index in [-0.39, 0.29) is 36.2 Å². The third-order valence-electron chi connectivity index (χ3n) is 6.90. The SMILES string of the molecule is CCOC(=O)C[C@@H]1CCCN(c2ccc(-c3nnn(C)c3CN3C(=O)C=CCC3C)nc2CC)C1=O. The van der Waals surface area contributed by atoms with E-state index < -0.39 is 0 Å². The van der Waals surface area contributed by atoms with Crippen molar-refractivity contribution >= 4 is 23.5 Å². The smallest absolute Gasteiger partial charge is 0.306 e. The number of aryl methyl sites for hydroxylation is 2. The number of anilines is 1. The number of ether oxygens (including phenoxy) is 1. The predicted molar refractivity (Wildman–Crippen MR) is 134 cm³/mol. The summed E-state index contributed by atoms with van der Waals surface area (Å²) in [6.45, 7) is 7.06. The van der Waals surface area contributed by atoms with Crippen LogP contribution >= 0.6 is 0 Å². The van der Waals surface area contributed by atoms with Gasteiger partial charge in [0.15, 0.2) is 0 Å². The van der Waals surface area contributed by atoms with Crippen LogP contribution in [0.3, 0.4) is 0 Å². The molecule has 2 aliphatic rings. The van der Waals surface area contributed by atoms with Crippen molar-refractivity contribution in [1.82, 2.24) is 24.9 Å². The number of carbonyl (C=O) groups is 3. The molecule has 10 nitrogen and oxygen atoms in total. The largest absolute Gasteiger partial charge is 0.466 e. The van der Waals surface area contributed by atoms with Crippen LogP contribution in [0.4, 0.5) is 5.69 Å². The normalized spacial score (nSPS) is 20.2. The maximum absolute atomic E-state index is 13.3. The van der Waals surface area contributed by atoms with E-state index in [1.807, 2.05) is 44.0 Å². The van der Waals surface area contributed by atoms with E-state index in [4.69, 9.17) is 9.72 Å². The second-order valence-corrected chi connectivity index (χ2v) is 9.32. The second-order valence-electron chi connectivity index (χ2n) is 9.32. The van der Waals surface area contributed by atoms with Crippen molar-refractivity contribution in [3.05, 3.63) is 35.7 Å². The molecule has 36 heavy (non-hydrogen) atoms. The Morgan fingerprint density at radius 1 is 1.22 bits per heavy atom. The van der Waals surface area contributed by atoms with Gasteiger partial charge in [-0.3, -0.25) is 14.4 Å². The topological polar surface area (TPSA) is 111 Å². The maximum atomic E-state index is 13.3. The van der Waals surface area contributed by atoms with Gasteiger partial charge in [-0.15, -0.1) is 5.10 Å². The summed E-state index contributed by atoms with van der Waals surface area (Å²) in [5.41, 5.74) is 3.61. The highest BCUT2D eigenvalue weighted by Crippen LogP contribution is 2.31. The molecule has 4 heterocycles. The van der Waals surface area contributed by atoms with Crippen LogP contribution < -0.4 is 4.90 Å². The summed E-state index contributed by atoms with van der Waals surface area (Å²) in [5, 5.41) is 8.56. The highest BCUT2D eigenvalue weighted by atomic mass is 16.5. The lowest BCUT2D eigenvalue weighted by Gasteiger charge is -2.33. The average molecular weight is 495 g/mol. The Balaban J connectivity index is 1.60. The number of rotatable bonds is 8. The number of esters is 1. The summed E-state index contributed by atoms with van der Waals surface area (Å²) in [5.74, 6) is -0.815. The van der Waals surface area contributed by atoms with Gasteiger partial charge in [0.25, 0.3) is 0 Å². The van der Waals surface area contributed by atoms with Gasteiger partial charge < -0.3 is 14.5 Å². The highest BCUT2D eigenvalue weighted by molar-refractivity contribution is 5.98. The molecule has 0 aromatic carbocycles. The van der Waals surface area contributed by atoms with Crippen LogP contribution in [0.5, 0.6) is 0 Å². The number of aromatic nitrogens is 4. The molecule has 0 N–H and O–H groups in total. The van der Waals surface area contributed by atoms with Crippen molar-refractivity contribution in [3.63, 3.8) is 0 Å². The zero-order chi connectivity index (χ0) is 25.8. The molecule has 2 amide bonds. The van der Waals surface area contributed by atoms with E-state index in [0.29, 0.717) is 43.9 Å². The third kappa shape index (κ3) is 5.17. The Hall–Kier alpha value is -3.56. The molecule has 0 aliphatic carbocycles. The van der Waals surface area contributed by atoms with Crippen molar-refractivity contribution in [2.45, 2.75) is 65.5 Å². The van der Waals surface area contributed by atoms with Crippen LogP contribution in [-0.2, 0) is 39.1 Å². The zero-order valence-electron chi connectivity index (χ0n) is 21.4. The Morgan fingerprint density at radius 2 is 2.03 bits per heavy atom. The number of hydrogen-bond acceptors (Lipinski definition) is 7. The molecular formula is C26H34N6O4. The fraction of sp³-hybridized carbons (Fsp3) is 0.538. The van der Waals surface area contributed by atoms with Crippen LogP contribution in [0.25, 0.3) is 11.4 Å². The molecule has 1 saturated heterocycles. The molecular weight excluding hydrogens is 460 g/mol. The third-order valence-corrected chi connectivity index (χ3v) is 6.90. The first-order valence-corrected chi connectivity index (χ1v) is 12.7. The van der Waals surface area contributed by atoms with E-state index in [9.17, 15) is 14.4 Å². The zero-order valence-corrected chi connectivity index (χ0v) is 21.4. The molecule has 2 aromatic rings. The van der Waals surface area contributed by atoms with Crippen LogP contribution in [0.1, 0.15) is 57.8 Å². The van der Waals surface area contributed by atoms with E-state index in [1.165, 1.54) is 0 Å². The molecule has 0 spiro atoms. The van der Waals surface area contributed by atoms with Crippen LogP contribution in [0.15, 0.2) is 24.3 Å². The summed E-state index contributed by atoms with van der Waals surface area (Å²) < 4.78 is 6.74. The Morgan fingerprint density at radius 3 is 2.75 bits per heavy atom. The van der Waals surface area contributed by atoms with Gasteiger partial charge in [0.2, 0.25) is 11.8 Å². The summed E-state index contributed by atoms with van der Waals surface area (Å²) in [7, 11) is 1.81. The molecule has 0 bridgehead atoms. The Labute approximate surface area is 211 Å². The molecule has 1 fully saturated rings. The van der Waals surface area contributed by atoms with E-state index >= 15 is 0 Å². The minimum atomic E-state index is -0.383. The van der Waals surface area contributed by atoms with E-state index in [1.54, 1.807) is 22.6 Å². The Kier molecular flexibility index (Phi) is 7.81. The lowest BCUT2D eigenvalue weighted by molar-refractivity contribution is -0.146. The second kappa shape index (κ2) is 11.0. The highest BCUT2D eigenvalue weighted by Gasteiger charge is 2.33. The predicted octanol–water partition coefficient (Wildman–Crippen LogP) is 2.81. The molecule has 2 aromatic heterocycles. The van der Waals surface area contributed by atoms with Gasteiger partial charge in [-0.2, -0.15) is 0 Å². The summed E-state index contributed by atoms with van der Waals surface area (Å²) in [6.07, 6.45) is 6.52. The number of carbonyl (C=O) groups excluding carboxylic acids is 3. The minimum absolute atomic E-state index is 0.0283. The molecule has 192 valence electrons. The molecule has 10 heteroatoms. The number of pyridine rings is 1. The molecule has 1 unspecified atom stereocenters. The van der Waals surface area contributed by atoms with Crippen LogP contribution in [-0.4, -0.2) is 61.9 Å². The standard InChI is InChI=1S/C26H34N6O4/c1-5-19-21(31-14-8-10-18(26(31)35)15-24(34)36-6-2)13-12-20(27-19)25-22(30(4)29-28-25)16-32-17(3)9-7-11-23(32)33/h7,11-13,17-18H,5-6,8-10,14-16H2,1-4H3/t17?,18-/m0/s1. The number of nitrogens with zero attached hydrogens (tertiary/aromatic N) is 6. The number of amides is 2. The quantitative estimate of drug-likeness (QED) is 0.519. The Bertz CT molecular complexity index is 1170. The van der Waals surface area contributed by atoms with Crippen LogP contribution in [0.2, 0.25) is 0 Å². The average Bonchev–Trinajstić information content (AvgIpc) is 3.22. The van der Waals surface area contributed by atoms with Crippen molar-refractivity contribution in [2.24, 2.45) is 13.0 Å². The van der Waals surface area contributed by atoms with Crippen molar-refractivity contribution in [3.8, 4) is 11.4 Å². The van der Waals surface area contributed by atoms with Gasteiger partial charge in [0, 0.05) is 25.6 Å². The first-order chi connectivity index (χ1) is 17.3. The molecule has 0 saturated carbocycles. The summed E-state index contributed by atoms with van der Waals surface area (Å²) in [4.78, 5) is 46.2. The van der Waals surface area contributed by atoms with E-state index in [2.05, 4.69) is 10.3 Å². The number of hydrogen-bond donors (Lipinski definition) is 0.